The Hall–Kier alpha value is -2.53. The van der Waals surface area contributed by atoms with Gasteiger partial charge in [0.15, 0.2) is 0 Å². The number of anilines is 1. The van der Waals surface area contributed by atoms with Crippen LogP contribution in [-0.4, -0.2) is 42.2 Å². The lowest BCUT2D eigenvalue weighted by atomic mass is 9.99. The van der Waals surface area contributed by atoms with Crippen molar-refractivity contribution in [1.82, 2.24) is 4.90 Å². The van der Waals surface area contributed by atoms with Gasteiger partial charge in [-0.3, -0.25) is 4.79 Å². The second-order valence-electron chi connectivity index (χ2n) is 7.64. The lowest BCUT2D eigenvalue weighted by Crippen LogP contribution is -2.36. The van der Waals surface area contributed by atoms with Gasteiger partial charge in [0, 0.05) is 37.4 Å². The summed E-state index contributed by atoms with van der Waals surface area (Å²) >= 11 is 0. The predicted molar refractivity (Wildman–Crippen MR) is 105 cm³/mol. The van der Waals surface area contributed by atoms with Gasteiger partial charge in [-0.1, -0.05) is 19.9 Å². The number of nitrogens with zero attached hydrogens (tertiary/aromatic N) is 2. The number of morpholine rings is 1. The Morgan fingerprint density at radius 2 is 1.78 bits per heavy atom. The van der Waals surface area contributed by atoms with E-state index in [2.05, 4.69) is 23.1 Å². The van der Waals surface area contributed by atoms with Crippen LogP contribution in [0.3, 0.4) is 0 Å². The number of ether oxygens (including phenoxy) is 1. The van der Waals surface area contributed by atoms with Crippen molar-refractivity contribution < 1.29 is 14.6 Å². The van der Waals surface area contributed by atoms with E-state index in [-0.39, 0.29) is 17.6 Å². The number of aromatic hydroxyl groups is 1. The molecule has 0 aliphatic carbocycles. The molecular formula is C22H26N2O3. The second kappa shape index (κ2) is 7.24. The number of carbonyl (C=O) groups is 1. The Bertz CT molecular complexity index is 857. The fourth-order valence-electron chi connectivity index (χ4n) is 3.88. The molecule has 0 saturated carbocycles. The average molecular weight is 366 g/mol. The van der Waals surface area contributed by atoms with Crippen LogP contribution < -0.4 is 4.90 Å². The zero-order valence-corrected chi connectivity index (χ0v) is 15.9. The van der Waals surface area contributed by atoms with E-state index in [1.165, 1.54) is 16.8 Å². The monoisotopic (exact) mass is 366 g/mol. The highest BCUT2D eigenvalue weighted by Crippen LogP contribution is 2.31. The summed E-state index contributed by atoms with van der Waals surface area (Å²) in [5, 5.41) is 10.0. The fraction of sp³-hybridized carbons (Fsp3) is 0.409. The molecule has 1 fully saturated rings. The molecule has 0 radical (unpaired) electrons. The molecule has 2 heterocycles. The van der Waals surface area contributed by atoms with Crippen molar-refractivity contribution in [3.05, 3.63) is 58.7 Å². The first-order valence-corrected chi connectivity index (χ1v) is 9.59. The zero-order chi connectivity index (χ0) is 19.0. The largest absolute Gasteiger partial charge is 0.508 e. The minimum absolute atomic E-state index is 0.0148. The van der Waals surface area contributed by atoms with Gasteiger partial charge >= 0.3 is 0 Å². The van der Waals surface area contributed by atoms with E-state index in [0.29, 0.717) is 18.7 Å². The van der Waals surface area contributed by atoms with E-state index in [1.807, 2.05) is 24.8 Å². The summed E-state index contributed by atoms with van der Waals surface area (Å²) in [6, 6.07) is 11.7. The number of benzene rings is 2. The zero-order valence-electron chi connectivity index (χ0n) is 15.9. The van der Waals surface area contributed by atoms with Gasteiger partial charge in [-0.15, -0.1) is 0 Å². The molecule has 0 bridgehead atoms. The minimum Gasteiger partial charge on any atom is -0.508 e. The van der Waals surface area contributed by atoms with E-state index in [1.54, 1.807) is 12.1 Å². The van der Waals surface area contributed by atoms with Crippen molar-refractivity contribution in [3.63, 3.8) is 0 Å². The van der Waals surface area contributed by atoms with Crippen LogP contribution >= 0.6 is 0 Å². The van der Waals surface area contributed by atoms with Gasteiger partial charge in [-0.2, -0.15) is 0 Å². The van der Waals surface area contributed by atoms with Crippen molar-refractivity contribution >= 4 is 11.6 Å². The van der Waals surface area contributed by atoms with Crippen LogP contribution in [0.25, 0.3) is 0 Å². The number of hydrogen-bond acceptors (Lipinski definition) is 4. The van der Waals surface area contributed by atoms with E-state index in [9.17, 15) is 9.90 Å². The number of rotatable bonds is 3. The van der Waals surface area contributed by atoms with Crippen LogP contribution in [0.1, 0.15) is 46.8 Å². The smallest absolute Gasteiger partial charge is 0.254 e. The highest BCUT2D eigenvalue weighted by Gasteiger charge is 2.26. The van der Waals surface area contributed by atoms with Crippen LogP contribution in [0.2, 0.25) is 0 Å². The molecule has 5 heteroatoms. The average Bonchev–Trinajstić information content (AvgIpc) is 3.11. The minimum atomic E-state index is 0.0148. The molecule has 0 aromatic heterocycles. The first kappa shape index (κ1) is 17.9. The molecule has 0 atom stereocenters. The number of amides is 1. The van der Waals surface area contributed by atoms with Gasteiger partial charge in [0.2, 0.25) is 0 Å². The first-order valence-electron chi connectivity index (χ1n) is 9.59. The second-order valence-corrected chi connectivity index (χ2v) is 7.64. The first-order chi connectivity index (χ1) is 13.0. The maximum absolute atomic E-state index is 13.0. The van der Waals surface area contributed by atoms with Crippen LogP contribution in [0.4, 0.5) is 5.69 Å². The molecule has 27 heavy (non-hydrogen) atoms. The Morgan fingerprint density at radius 3 is 2.52 bits per heavy atom. The van der Waals surface area contributed by atoms with Crippen molar-refractivity contribution in [2.45, 2.75) is 32.9 Å². The van der Waals surface area contributed by atoms with Gasteiger partial charge < -0.3 is 19.6 Å². The Labute approximate surface area is 160 Å². The highest BCUT2D eigenvalue weighted by atomic mass is 16.5. The van der Waals surface area contributed by atoms with Gasteiger partial charge in [0.05, 0.1) is 13.2 Å². The molecule has 2 aliphatic rings. The molecule has 4 rings (SSSR count). The molecule has 2 aromatic rings. The molecule has 0 spiro atoms. The van der Waals surface area contributed by atoms with Crippen LogP contribution in [-0.2, 0) is 17.8 Å². The molecular weight excluding hydrogens is 340 g/mol. The summed E-state index contributed by atoms with van der Waals surface area (Å²) in [5.41, 5.74) is 5.08. The summed E-state index contributed by atoms with van der Waals surface area (Å²) in [7, 11) is 0. The van der Waals surface area contributed by atoms with Crippen LogP contribution in [0, 0.1) is 0 Å². The number of carbonyl (C=O) groups excluding carboxylic acids is 1. The standard InChI is InChI=1S/C22H26N2O3/c1-15(2)20-12-16(4-6-21(20)25)22(26)24-13-17-3-5-19(11-18(17)14-24)23-7-9-27-10-8-23/h3-6,11-12,15,25H,7-10,13-14H2,1-2H3. The van der Waals surface area contributed by atoms with E-state index >= 15 is 0 Å². The van der Waals surface area contributed by atoms with Crippen molar-refractivity contribution in [2.24, 2.45) is 0 Å². The molecule has 142 valence electrons. The predicted octanol–water partition coefficient (Wildman–Crippen LogP) is 3.51. The summed E-state index contributed by atoms with van der Waals surface area (Å²) in [6.45, 7) is 8.64. The summed E-state index contributed by atoms with van der Waals surface area (Å²) in [6.07, 6.45) is 0. The number of phenolic OH excluding ortho intramolecular Hbond substituents is 1. The number of fused-ring (bicyclic) bond motifs is 1. The molecule has 5 nitrogen and oxygen atoms in total. The van der Waals surface area contributed by atoms with Gasteiger partial charge in [0.25, 0.3) is 5.91 Å². The molecule has 1 saturated heterocycles. The topological polar surface area (TPSA) is 53.0 Å². The van der Waals surface area contributed by atoms with Gasteiger partial charge in [-0.25, -0.2) is 0 Å². The molecule has 2 aliphatic heterocycles. The Morgan fingerprint density at radius 1 is 1.04 bits per heavy atom. The van der Waals surface area contributed by atoms with E-state index in [4.69, 9.17) is 4.74 Å². The van der Waals surface area contributed by atoms with Crippen molar-refractivity contribution in [2.75, 3.05) is 31.2 Å². The molecule has 1 N–H and O–H groups in total. The third-order valence-corrected chi connectivity index (χ3v) is 5.47. The van der Waals surface area contributed by atoms with E-state index in [0.717, 1.165) is 31.9 Å². The molecule has 0 unspecified atom stereocenters. The maximum Gasteiger partial charge on any atom is 0.254 e. The third-order valence-electron chi connectivity index (χ3n) is 5.47. The Balaban J connectivity index is 1.52. The van der Waals surface area contributed by atoms with Gasteiger partial charge in [0.1, 0.15) is 5.75 Å². The number of hydrogen-bond donors (Lipinski definition) is 1. The quantitative estimate of drug-likeness (QED) is 0.903. The molecule has 1 amide bonds. The van der Waals surface area contributed by atoms with Gasteiger partial charge in [-0.05, 0) is 52.9 Å². The normalized spacial score (nSPS) is 16.7. The summed E-state index contributed by atoms with van der Waals surface area (Å²) in [5.74, 6) is 0.437. The SMILES string of the molecule is CC(C)c1cc(C(=O)N2Cc3ccc(N4CCOCC4)cc3C2)ccc1O. The van der Waals surface area contributed by atoms with E-state index < -0.39 is 0 Å². The summed E-state index contributed by atoms with van der Waals surface area (Å²) < 4.78 is 5.43. The molecule has 2 aromatic carbocycles. The third kappa shape index (κ3) is 3.52. The van der Waals surface area contributed by atoms with Crippen LogP contribution in [0.5, 0.6) is 5.75 Å². The lowest BCUT2D eigenvalue weighted by Gasteiger charge is -2.29. The van der Waals surface area contributed by atoms with Crippen LogP contribution in [0.15, 0.2) is 36.4 Å². The highest BCUT2D eigenvalue weighted by molar-refractivity contribution is 5.95. The Kier molecular flexibility index (Phi) is 4.79. The number of phenols is 1. The van der Waals surface area contributed by atoms with Crippen molar-refractivity contribution in [3.8, 4) is 5.75 Å². The summed E-state index contributed by atoms with van der Waals surface area (Å²) in [4.78, 5) is 17.2. The maximum atomic E-state index is 13.0. The lowest BCUT2D eigenvalue weighted by molar-refractivity contribution is 0.0751. The van der Waals surface area contributed by atoms with Crippen molar-refractivity contribution in [1.29, 1.82) is 0 Å². The fourth-order valence-corrected chi connectivity index (χ4v) is 3.88.